The highest BCUT2D eigenvalue weighted by Crippen LogP contribution is 2.27. The molecule has 1 aromatic rings. The molecule has 1 amide bonds. The molecule has 5 heteroatoms. The molecular formula is C19H30N2O3. The van der Waals surface area contributed by atoms with E-state index in [2.05, 4.69) is 17.1 Å². The number of amides is 1. The quantitative estimate of drug-likeness (QED) is 0.754. The second-order valence-electron chi connectivity index (χ2n) is 6.37. The van der Waals surface area contributed by atoms with Gasteiger partial charge in [0.2, 0.25) is 5.91 Å². The predicted molar refractivity (Wildman–Crippen MR) is 95.8 cm³/mol. The number of methoxy groups -OCH3 is 2. The van der Waals surface area contributed by atoms with Crippen LogP contribution in [0.2, 0.25) is 0 Å². The summed E-state index contributed by atoms with van der Waals surface area (Å²) in [4.78, 5) is 14.7. The summed E-state index contributed by atoms with van der Waals surface area (Å²) >= 11 is 0. The average molecular weight is 334 g/mol. The Balaban J connectivity index is 1.81. The van der Waals surface area contributed by atoms with E-state index in [4.69, 9.17) is 9.47 Å². The van der Waals surface area contributed by atoms with Crippen molar-refractivity contribution in [2.45, 2.75) is 45.1 Å². The van der Waals surface area contributed by atoms with Crippen LogP contribution < -0.4 is 14.8 Å². The van der Waals surface area contributed by atoms with Crippen LogP contribution in [0.15, 0.2) is 18.2 Å². The van der Waals surface area contributed by atoms with Crippen molar-refractivity contribution in [1.82, 2.24) is 10.2 Å². The summed E-state index contributed by atoms with van der Waals surface area (Å²) in [5.41, 5.74) is 1.08. The Labute approximate surface area is 145 Å². The molecule has 0 aromatic heterocycles. The zero-order valence-corrected chi connectivity index (χ0v) is 15.1. The number of benzene rings is 1. The molecule has 1 saturated heterocycles. The Morgan fingerprint density at radius 3 is 2.54 bits per heavy atom. The third-order valence-corrected chi connectivity index (χ3v) is 4.62. The highest BCUT2D eigenvalue weighted by molar-refractivity contribution is 5.76. The summed E-state index contributed by atoms with van der Waals surface area (Å²) in [5, 5.41) is 3.18. The van der Waals surface area contributed by atoms with Gasteiger partial charge in [0.05, 0.1) is 14.2 Å². The molecule has 0 spiro atoms. The normalized spacial score (nSPS) is 16.0. The molecule has 0 bridgehead atoms. The van der Waals surface area contributed by atoms with Crippen molar-refractivity contribution in [1.29, 1.82) is 0 Å². The molecule has 5 nitrogen and oxygen atoms in total. The number of likely N-dealkylation sites (tertiary alicyclic amines) is 1. The van der Waals surface area contributed by atoms with Gasteiger partial charge in [-0.15, -0.1) is 0 Å². The van der Waals surface area contributed by atoms with Gasteiger partial charge in [0, 0.05) is 19.0 Å². The summed E-state index contributed by atoms with van der Waals surface area (Å²) in [6.45, 7) is 5.43. The fraction of sp³-hybridized carbons (Fsp3) is 0.632. The van der Waals surface area contributed by atoms with Gasteiger partial charge in [0.1, 0.15) is 0 Å². The second kappa shape index (κ2) is 9.52. The van der Waals surface area contributed by atoms with Gasteiger partial charge in [-0.2, -0.15) is 0 Å². The first-order valence-corrected chi connectivity index (χ1v) is 8.88. The molecule has 1 aliphatic rings. The van der Waals surface area contributed by atoms with Crippen molar-refractivity contribution in [3.05, 3.63) is 23.8 Å². The fourth-order valence-electron chi connectivity index (χ4n) is 3.15. The van der Waals surface area contributed by atoms with Gasteiger partial charge in [0.15, 0.2) is 11.5 Å². The Bertz CT molecular complexity index is 527. The van der Waals surface area contributed by atoms with Crippen LogP contribution in [-0.4, -0.2) is 50.7 Å². The molecule has 1 atom stereocenters. The highest BCUT2D eigenvalue weighted by atomic mass is 16.5. The first-order valence-electron chi connectivity index (χ1n) is 8.88. The number of nitrogens with zero attached hydrogens (tertiary/aromatic N) is 1. The zero-order chi connectivity index (χ0) is 17.4. The van der Waals surface area contributed by atoms with Crippen molar-refractivity contribution < 1.29 is 14.3 Å². The van der Waals surface area contributed by atoms with E-state index in [9.17, 15) is 4.79 Å². The topological polar surface area (TPSA) is 50.8 Å². The van der Waals surface area contributed by atoms with Crippen molar-refractivity contribution in [3.63, 3.8) is 0 Å². The van der Waals surface area contributed by atoms with Crippen molar-refractivity contribution >= 4 is 5.91 Å². The van der Waals surface area contributed by atoms with Crippen LogP contribution in [0.5, 0.6) is 11.5 Å². The van der Waals surface area contributed by atoms with Gasteiger partial charge in [-0.25, -0.2) is 0 Å². The number of ether oxygens (including phenoxy) is 2. The summed E-state index contributed by atoms with van der Waals surface area (Å²) in [7, 11) is 3.24. The molecule has 2 rings (SSSR count). The van der Waals surface area contributed by atoms with Crippen molar-refractivity contribution in [2.75, 3.05) is 33.9 Å². The number of hydrogen-bond donors (Lipinski definition) is 1. The number of carbonyl (C=O) groups is 1. The minimum absolute atomic E-state index is 0.121. The van der Waals surface area contributed by atoms with Crippen LogP contribution in [-0.2, 0) is 11.2 Å². The van der Waals surface area contributed by atoms with E-state index < -0.39 is 0 Å². The molecule has 24 heavy (non-hydrogen) atoms. The SMILES string of the molecule is CCC(CN1CCCC1)NC(=O)CCc1ccc(OC)c(OC)c1. The first-order chi connectivity index (χ1) is 11.7. The van der Waals surface area contributed by atoms with E-state index >= 15 is 0 Å². The summed E-state index contributed by atoms with van der Waals surface area (Å²) in [5.74, 6) is 1.54. The monoisotopic (exact) mass is 334 g/mol. The largest absolute Gasteiger partial charge is 0.493 e. The van der Waals surface area contributed by atoms with Gasteiger partial charge < -0.3 is 19.7 Å². The third-order valence-electron chi connectivity index (χ3n) is 4.62. The lowest BCUT2D eigenvalue weighted by Gasteiger charge is -2.23. The molecule has 0 radical (unpaired) electrons. The van der Waals surface area contributed by atoms with Gasteiger partial charge in [0.25, 0.3) is 0 Å². The minimum atomic E-state index is 0.121. The molecule has 0 aliphatic carbocycles. The molecule has 1 N–H and O–H groups in total. The maximum atomic E-state index is 12.3. The van der Waals surface area contributed by atoms with E-state index in [1.165, 1.54) is 12.8 Å². The van der Waals surface area contributed by atoms with E-state index in [0.717, 1.165) is 31.6 Å². The molecule has 1 heterocycles. The molecule has 1 aromatic carbocycles. The van der Waals surface area contributed by atoms with Crippen molar-refractivity contribution in [3.8, 4) is 11.5 Å². The minimum Gasteiger partial charge on any atom is -0.493 e. The lowest BCUT2D eigenvalue weighted by Crippen LogP contribution is -2.42. The predicted octanol–water partition coefficient (Wildman–Crippen LogP) is 2.63. The molecule has 134 valence electrons. The maximum absolute atomic E-state index is 12.3. The lowest BCUT2D eigenvalue weighted by molar-refractivity contribution is -0.121. The Morgan fingerprint density at radius 1 is 1.21 bits per heavy atom. The Morgan fingerprint density at radius 2 is 1.92 bits per heavy atom. The molecule has 0 saturated carbocycles. The summed E-state index contributed by atoms with van der Waals surface area (Å²) < 4.78 is 10.5. The Kier molecular flexibility index (Phi) is 7.37. The summed E-state index contributed by atoms with van der Waals surface area (Å²) in [6, 6.07) is 6.05. The highest BCUT2D eigenvalue weighted by Gasteiger charge is 2.18. The third kappa shape index (κ3) is 5.41. The van der Waals surface area contributed by atoms with Gasteiger partial charge >= 0.3 is 0 Å². The number of rotatable bonds is 9. The lowest BCUT2D eigenvalue weighted by atomic mass is 10.1. The zero-order valence-electron chi connectivity index (χ0n) is 15.1. The maximum Gasteiger partial charge on any atom is 0.220 e. The Hall–Kier alpha value is -1.75. The number of carbonyl (C=O) groups excluding carboxylic acids is 1. The van der Waals surface area contributed by atoms with E-state index in [1.807, 2.05) is 18.2 Å². The molecule has 1 fully saturated rings. The summed E-state index contributed by atoms with van der Waals surface area (Å²) in [6.07, 6.45) is 4.73. The standard InChI is InChI=1S/C19H30N2O3/c1-4-16(14-21-11-5-6-12-21)20-19(22)10-8-15-7-9-17(23-2)18(13-15)24-3/h7,9,13,16H,4-6,8,10-12,14H2,1-3H3,(H,20,22). The average Bonchev–Trinajstić information content (AvgIpc) is 3.12. The number of hydrogen-bond acceptors (Lipinski definition) is 4. The van der Waals surface area contributed by atoms with Crippen LogP contribution in [0, 0.1) is 0 Å². The number of aryl methyl sites for hydroxylation is 1. The van der Waals surface area contributed by atoms with Crippen LogP contribution in [0.25, 0.3) is 0 Å². The van der Waals surface area contributed by atoms with Crippen LogP contribution in [0.3, 0.4) is 0 Å². The fourth-order valence-corrected chi connectivity index (χ4v) is 3.15. The molecule has 1 aliphatic heterocycles. The smallest absolute Gasteiger partial charge is 0.220 e. The second-order valence-corrected chi connectivity index (χ2v) is 6.37. The van der Waals surface area contributed by atoms with E-state index in [-0.39, 0.29) is 11.9 Å². The van der Waals surface area contributed by atoms with Gasteiger partial charge in [-0.05, 0) is 56.5 Å². The molecular weight excluding hydrogens is 304 g/mol. The van der Waals surface area contributed by atoms with E-state index in [0.29, 0.717) is 24.3 Å². The van der Waals surface area contributed by atoms with Crippen LogP contribution >= 0.6 is 0 Å². The number of nitrogens with one attached hydrogen (secondary N) is 1. The van der Waals surface area contributed by atoms with Gasteiger partial charge in [-0.3, -0.25) is 4.79 Å². The van der Waals surface area contributed by atoms with Gasteiger partial charge in [-0.1, -0.05) is 13.0 Å². The molecule has 1 unspecified atom stereocenters. The first kappa shape index (κ1) is 18.6. The van der Waals surface area contributed by atoms with Crippen molar-refractivity contribution in [2.24, 2.45) is 0 Å². The van der Waals surface area contributed by atoms with E-state index in [1.54, 1.807) is 14.2 Å². The van der Waals surface area contributed by atoms with Crippen LogP contribution in [0.1, 0.15) is 38.2 Å². The van der Waals surface area contributed by atoms with Crippen LogP contribution in [0.4, 0.5) is 0 Å².